The molecule has 0 heterocycles. The smallest absolute Gasteiger partial charge is 0.122 e. The lowest BCUT2D eigenvalue weighted by molar-refractivity contribution is 0.475. The number of amidine groups is 1. The van der Waals surface area contributed by atoms with Crippen LogP contribution >= 0.6 is 0 Å². The number of fused-ring (bicyclic) bond motifs is 1. The van der Waals surface area contributed by atoms with Crippen LogP contribution in [0.3, 0.4) is 0 Å². The first-order valence-electron chi connectivity index (χ1n) is 7.69. The van der Waals surface area contributed by atoms with Crippen LogP contribution in [0.4, 0.5) is 0 Å². The number of rotatable bonds is 4. The number of aromatic hydroxyl groups is 1. The summed E-state index contributed by atoms with van der Waals surface area (Å²) in [5, 5.41) is 19.2. The molecular formula is C20H20N2O. The van der Waals surface area contributed by atoms with Gasteiger partial charge in [0.05, 0.1) is 0 Å². The summed E-state index contributed by atoms with van der Waals surface area (Å²) in [6.07, 6.45) is 0.922. The molecule has 0 spiro atoms. The number of phenols is 1. The lowest BCUT2D eigenvalue weighted by Crippen LogP contribution is -2.10. The molecular weight excluding hydrogens is 284 g/mol. The molecule has 0 aromatic heterocycles. The molecule has 3 aromatic rings. The molecule has 0 aliphatic carbocycles. The van der Waals surface area contributed by atoms with Crippen LogP contribution < -0.4 is 5.73 Å². The highest BCUT2D eigenvalue weighted by Crippen LogP contribution is 2.25. The molecule has 0 saturated carbocycles. The number of phenolic OH excluding ortho intramolecular Hbond substituents is 1. The molecule has 0 amide bonds. The maximum atomic E-state index is 9.39. The van der Waals surface area contributed by atoms with E-state index >= 15 is 0 Å². The number of hydrogen-bond donors (Lipinski definition) is 3. The van der Waals surface area contributed by atoms with E-state index in [4.69, 9.17) is 11.1 Å². The second-order valence-corrected chi connectivity index (χ2v) is 6.01. The zero-order chi connectivity index (χ0) is 16.4. The molecule has 23 heavy (non-hydrogen) atoms. The van der Waals surface area contributed by atoms with Crippen LogP contribution in [-0.4, -0.2) is 10.9 Å². The summed E-state index contributed by atoms with van der Waals surface area (Å²) in [7, 11) is 0. The van der Waals surface area contributed by atoms with Gasteiger partial charge in [-0.05, 0) is 52.4 Å². The molecule has 3 heteroatoms. The molecule has 0 bridgehead atoms. The lowest BCUT2D eigenvalue weighted by atomic mass is 9.92. The van der Waals surface area contributed by atoms with Crippen molar-refractivity contribution in [2.75, 3.05) is 0 Å². The van der Waals surface area contributed by atoms with Crippen LogP contribution in [-0.2, 0) is 6.42 Å². The fourth-order valence-electron chi connectivity index (χ4n) is 2.86. The van der Waals surface area contributed by atoms with Gasteiger partial charge in [-0.2, -0.15) is 0 Å². The molecule has 3 rings (SSSR count). The maximum absolute atomic E-state index is 9.39. The van der Waals surface area contributed by atoms with Crippen molar-refractivity contribution in [2.24, 2.45) is 5.73 Å². The number of nitrogen functional groups attached to an aromatic ring is 1. The first-order chi connectivity index (χ1) is 11.0. The average molecular weight is 304 g/mol. The Morgan fingerprint density at radius 1 is 1.00 bits per heavy atom. The molecule has 0 radical (unpaired) electrons. The zero-order valence-electron chi connectivity index (χ0n) is 13.1. The summed E-state index contributed by atoms with van der Waals surface area (Å²) in [4.78, 5) is 0. The van der Waals surface area contributed by atoms with E-state index in [1.807, 2.05) is 30.3 Å². The standard InChI is InChI=1S/C20H20N2O/c1-13(15-6-8-19(23)9-7-15)10-14-2-3-16-4-5-17(20(21)22)12-18(16)11-14/h2-9,11-13,23H,10H2,1H3,(H3,21,22). The average Bonchev–Trinajstić information content (AvgIpc) is 2.54. The molecule has 116 valence electrons. The van der Waals surface area contributed by atoms with Crippen LogP contribution in [0.1, 0.15) is 29.5 Å². The monoisotopic (exact) mass is 304 g/mol. The molecule has 3 nitrogen and oxygen atoms in total. The topological polar surface area (TPSA) is 70.1 Å². The third-order valence-electron chi connectivity index (χ3n) is 4.22. The fourth-order valence-corrected chi connectivity index (χ4v) is 2.86. The van der Waals surface area contributed by atoms with Crippen molar-refractivity contribution in [3.05, 3.63) is 77.4 Å². The molecule has 0 saturated heterocycles. The fraction of sp³-hybridized carbons (Fsp3) is 0.150. The minimum atomic E-state index is 0.0924. The Morgan fingerprint density at radius 3 is 2.39 bits per heavy atom. The Bertz CT molecular complexity index is 853. The van der Waals surface area contributed by atoms with Crippen molar-refractivity contribution in [3.63, 3.8) is 0 Å². The summed E-state index contributed by atoms with van der Waals surface area (Å²) in [6.45, 7) is 2.18. The third kappa shape index (κ3) is 3.34. The zero-order valence-corrected chi connectivity index (χ0v) is 13.1. The Balaban J connectivity index is 1.87. The van der Waals surface area contributed by atoms with Gasteiger partial charge in [-0.15, -0.1) is 0 Å². The van der Waals surface area contributed by atoms with E-state index in [-0.39, 0.29) is 5.84 Å². The van der Waals surface area contributed by atoms with Gasteiger partial charge in [-0.3, -0.25) is 5.41 Å². The van der Waals surface area contributed by atoms with E-state index in [0.717, 1.165) is 22.8 Å². The third-order valence-corrected chi connectivity index (χ3v) is 4.22. The highest BCUT2D eigenvalue weighted by molar-refractivity contribution is 5.99. The quantitative estimate of drug-likeness (QED) is 0.500. The highest BCUT2D eigenvalue weighted by Gasteiger charge is 2.08. The van der Waals surface area contributed by atoms with E-state index in [0.29, 0.717) is 11.7 Å². The SMILES string of the molecule is CC(Cc1ccc2ccc(C(=N)N)cc2c1)c1ccc(O)cc1. The van der Waals surface area contributed by atoms with E-state index in [1.54, 1.807) is 12.1 Å². The van der Waals surface area contributed by atoms with Gasteiger partial charge in [-0.1, -0.05) is 49.4 Å². The van der Waals surface area contributed by atoms with Gasteiger partial charge < -0.3 is 10.8 Å². The van der Waals surface area contributed by atoms with Crippen molar-refractivity contribution in [2.45, 2.75) is 19.3 Å². The van der Waals surface area contributed by atoms with Crippen molar-refractivity contribution in [3.8, 4) is 5.75 Å². The Hall–Kier alpha value is -2.81. The summed E-state index contributed by atoms with van der Waals surface area (Å²) in [5.74, 6) is 0.752. The minimum Gasteiger partial charge on any atom is -0.508 e. The van der Waals surface area contributed by atoms with Crippen molar-refractivity contribution in [1.82, 2.24) is 0 Å². The van der Waals surface area contributed by atoms with E-state index in [1.165, 1.54) is 11.1 Å². The van der Waals surface area contributed by atoms with Gasteiger partial charge in [0.25, 0.3) is 0 Å². The number of nitrogens with two attached hydrogens (primary N) is 1. The predicted molar refractivity (Wildman–Crippen MR) is 95.2 cm³/mol. The summed E-state index contributed by atoms with van der Waals surface area (Å²) in [5.41, 5.74) is 8.78. The van der Waals surface area contributed by atoms with E-state index < -0.39 is 0 Å². The van der Waals surface area contributed by atoms with Crippen molar-refractivity contribution in [1.29, 1.82) is 5.41 Å². The molecule has 0 fully saturated rings. The Morgan fingerprint density at radius 2 is 1.70 bits per heavy atom. The van der Waals surface area contributed by atoms with Crippen molar-refractivity contribution >= 4 is 16.6 Å². The largest absolute Gasteiger partial charge is 0.508 e. The van der Waals surface area contributed by atoms with Gasteiger partial charge >= 0.3 is 0 Å². The number of nitrogens with one attached hydrogen (secondary N) is 1. The lowest BCUT2D eigenvalue weighted by Gasteiger charge is -2.13. The van der Waals surface area contributed by atoms with Crippen LogP contribution in [0.2, 0.25) is 0 Å². The molecule has 1 unspecified atom stereocenters. The molecule has 4 N–H and O–H groups in total. The molecule has 0 aliphatic heterocycles. The van der Waals surface area contributed by atoms with Crippen LogP contribution in [0, 0.1) is 5.41 Å². The second kappa shape index (κ2) is 6.13. The predicted octanol–water partition coefficient (Wildman–Crippen LogP) is 4.18. The van der Waals surface area contributed by atoms with Gasteiger partial charge in [0, 0.05) is 5.56 Å². The molecule has 3 aromatic carbocycles. The van der Waals surface area contributed by atoms with Crippen LogP contribution in [0.25, 0.3) is 10.8 Å². The highest BCUT2D eigenvalue weighted by atomic mass is 16.3. The van der Waals surface area contributed by atoms with E-state index in [2.05, 4.69) is 25.1 Å². The molecule has 1 atom stereocenters. The number of benzene rings is 3. The normalized spacial score (nSPS) is 12.2. The van der Waals surface area contributed by atoms with Gasteiger partial charge in [0.1, 0.15) is 11.6 Å². The van der Waals surface area contributed by atoms with Crippen molar-refractivity contribution < 1.29 is 5.11 Å². The van der Waals surface area contributed by atoms with Gasteiger partial charge in [-0.25, -0.2) is 0 Å². The van der Waals surface area contributed by atoms with Crippen LogP contribution in [0.5, 0.6) is 5.75 Å². The summed E-state index contributed by atoms with van der Waals surface area (Å²) < 4.78 is 0. The summed E-state index contributed by atoms with van der Waals surface area (Å²) >= 11 is 0. The maximum Gasteiger partial charge on any atom is 0.122 e. The first-order valence-corrected chi connectivity index (χ1v) is 7.69. The Labute approximate surface area is 135 Å². The summed E-state index contributed by atoms with van der Waals surface area (Å²) in [6, 6.07) is 19.7. The van der Waals surface area contributed by atoms with Gasteiger partial charge in [0.2, 0.25) is 0 Å². The first kappa shape index (κ1) is 15.1. The molecule has 0 aliphatic rings. The Kier molecular flexibility index (Phi) is 4.02. The van der Waals surface area contributed by atoms with E-state index in [9.17, 15) is 5.11 Å². The van der Waals surface area contributed by atoms with Crippen LogP contribution in [0.15, 0.2) is 60.7 Å². The number of hydrogen-bond acceptors (Lipinski definition) is 2. The second-order valence-electron chi connectivity index (χ2n) is 6.01. The minimum absolute atomic E-state index is 0.0924. The van der Waals surface area contributed by atoms with Gasteiger partial charge in [0.15, 0.2) is 0 Å².